The van der Waals surface area contributed by atoms with Gasteiger partial charge in [-0.2, -0.15) is 0 Å². The van der Waals surface area contributed by atoms with Gasteiger partial charge in [-0.1, -0.05) is 60.7 Å². The molecule has 0 saturated heterocycles. The summed E-state index contributed by atoms with van der Waals surface area (Å²) in [5.41, 5.74) is 8.69. The lowest BCUT2D eigenvalue weighted by molar-refractivity contribution is 0.656. The highest BCUT2D eigenvalue weighted by atomic mass is 16.3. The van der Waals surface area contributed by atoms with Crippen molar-refractivity contribution in [1.82, 2.24) is 4.98 Å². The van der Waals surface area contributed by atoms with E-state index >= 15 is 0 Å². The van der Waals surface area contributed by atoms with Crippen molar-refractivity contribution in [2.75, 3.05) is 4.90 Å². The minimum absolute atomic E-state index is 0.620. The van der Waals surface area contributed by atoms with Crippen LogP contribution in [0.5, 0.6) is 0 Å². The van der Waals surface area contributed by atoms with Crippen LogP contribution in [0.3, 0.4) is 0 Å². The Morgan fingerprint density at radius 3 is 1.98 bits per heavy atom. The van der Waals surface area contributed by atoms with E-state index in [1.165, 1.54) is 0 Å². The smallest absolute Gasteiger partial charge is 0.227 e. The third-order valence-corrected chi connectivity index (χ3v) is 8.65. The van der Waals surface area contributed by atoms with E-state index in [1.807, 2.05) is 66.7 Å². The van der Waals surface area contributed by atoms with Gasteiger partial charge >= 0.3 is 0 Å². The molecule has 4 aromatic heterocycles. The fourth-order valence-electron chi connectivity index (χ4n) is 6.66. The molecular weight excluding hydrogens is 544 g/mol. The molecule has 0 fully saturated rings. The number of nitrogens with zero attached hydrogens (tertiary/aromatic N) is 2. The molecule has 0 amide bonds. The number of furan rings is 3. The maximum absolute atomic E-state index is 6.38. The molecule has 0 aliphatic rings. The zero-order valence-corrected chi connectivity index (χ0v) is 23.3. The molecule has 0 aliphatic heterocycles. The normalized spacial score (nSPS) is 12.1. The molecule has 10 rings (SSSR count). The number of fused-ring (bicyclic) bond motifs is 10. The third-order valence-electron chi connectivity index (χ3n) is 8.65. The summed E-state index contributed by atoms with van der Waals surface area (Å²) in [6, 6.07) is 45.7. The molecule has 5 heteroatoms. The Morgan fingerprint density at radius 2 is 1.09 bits per heavy atom. The molecule has 44 heavy (non-hydrogen) atoms. The molecule has 0 bridgehead atoms. The van der Waals surface area contributed by atoms with Crippen LogP contribution in [0.4, 0.5) is 17.1 Å². The van der Waals surface area contributed by atoms with Gasteiger partial charge in [0.25, 0.3) is 0 Å². The largest absolute Gasteiger partial charge is 0.456 e. The predicted molar refractivity (Wildman–Crippen MR) is 178 cm³/mol. The van der Waals surface area contributed by atoms with E-state index < -0.39 is 0 Å². The van der Waals surface area contributed by atoms with Crippen molar-refractivity contribution >= 4 is 93.9 Å². The molecule has 4 heterocycles. The fourth-order valence-corrected chi connectivity index (χ4v) is 6.66. The average Bonchev–Trinajstić information content (AvgIpc) is 3.74. The van der Waals surface area contributed by atoms with Gasteiger partial charge in [0.2, 0.25) is 5.71 Å². The van der Waals surface area contributed by atoms with Crippen LogP contribution in [0.2, 0.25) is 0 Å². The fraction of sp³-hybridized carbons (Fsp3) is 0. The number of benzene rings is 6. The van der Waals surface area contributed by atoms with Crippen LogP contribution in [-0.2, 0) is 0 Å². The summed E-state index contributed by atoms with van der Waals surface area (Å²) in [5.74, 6) is 0. The minimum Gasteiger partial charge on any atom is -0.456 e. The van der Waals surface area contributed by atoms with Crippen LogP contribution < -0.4 is 4.90 Å². The van der Waals surface area contributed by atoms with E-state index in [1.54, 1.807) is 0 Å². The van der Waals surface area contributed by atoms with E-state index in [0.717, 1.165) is 88.2 Å². The monoisotopic (exact) mass is 566 g/mol. The van der Waals surface area contributed by atoms with Crippen LogP contribution >= 0.6 is 0 Å². The first-order chi connectivity index (χ1) is 21.8. The average molecular weight is 567 g/mol. The van der Waals surface area contributed by atoms with Crippen molar-refractivity contribution in [2.24, 2.45) is 0 Å². The molecule has 0 radical (unpaired) electrons. The lowest BCUT2D eigenvalue weighted by Gasteiger charge is -2.26. The van der Waals surface area contributed by atoms with Crippen molar-refractivity contribution in [3.05, 3.63) is 133 Å². The second-order valence-corrected chi connectivity index (χ2v) is 11.2. The topological polar surface area (TPSA) is 55.6 Å². The number of hydrogen-bond donors (Lipinski definition) is 0. The van der Waals surface area contributed by atoms with Crippen LogP contribution in [0.15, 0.2) is 147 Å². The number of para-hydroxylation sites is 3. The summed E-state index contributed by atoms with van der Waals surface area (Å²) >= 11 is 0. The number of pyridine rings is 1. The van der Waals surface area contributed by atoms with Crippen molar-refractivity contribution in [2.45, 2.75) is 0 Å². The molecule has 0 N–H and O–H groups in total. The number of rotatable bonds is 3. The van der Waals surface area contributed by atoms with Crippen molar-refractivity contribution in [3.63, 3.8) is 0 Å². The van der Waals surface area contributed by atoms with Crippen molar-refractivity contribution in [1.29, 1.82) is 0 Å². The summed E-state index contributed by atoms with van der Waals surface area (Å²) in [5, 5.41) is 7.38. The second kappa shape index (κ2) is 8.72. The van der Waals surface area contributed by atoms with Gasteiger partial charge in [-0.3, -0.25) is 0 Å². The Bertz CT molecular complexity index is 2750. The van der Waals surface area contributed by atoms with E-state index in [2.05, 4.69) is 71.6 Å². The zero-order valence-electron chi connectivity index (χ0n) is 23.3. The molecule has 0 saturated carbocycles. The van der Waals surface area contributed by atoms with E-state index in [4.69, 9.17) is 18.2 Å². The van der Waals surface area contributed by atoms with Crippen LogP contribution in [0.25, 0.3) is 76.8 Å². The Hall–Kier alpha value is -6.07. The summed E-state index contributed by atoms with van der Waals surface area (Å²) in [4.78, 5) is 7.16. The first kappa shape index (κ1) is 23.5. The summed E-state index contributed by atoms with van der Waals surface area (Å²) in [6.07, 6.45) is 0. The van der Waals surface area contributed by atoms with Gasteiger partial charge in [-0.15, -0.1) is 0 Å². The quantitative estimate of drug-likeness (QED) is 0.213. The Kier molecular flexibility index (Phi) is 4.66. The highest BCUT2D eigenvalue weighted by molar-refractivity contribution is 6.16. The van der Waals surface area contributed by atoms with E-state index in [0.29, 0.717) is 5.71 Å². The molecule has 0 unspecified atom stereocenters. The van der Waals surface area contributed by atoms with Gasteiger partial charge in [0.15, 0.2) is 0 Å². The Balaban J connectivity index is 1.29. The second-order valence-electron chi connectivity index (χ2n) is 11.2. The van der Waals surface area contributed by atoms with Crippen molar-refractivity contribution < 1.29 is 13.3 Å². The SMILES string of the molecule is c1ccc2nc3oc4cccc(N(c5ccc6c(c5)oc5ccccc56)c5ccc6oc7ccccc7c6c5)c4c3cc2c1. The molecule has 10 aromatic rings. The lowest BCUT2D eigenvalue weighted by atomic mass is 10.1. The van der Waals surface area contributed by atoms with Gasteiger partial charge in [0.1, 0.15) is 27.9 Å². The lowest BCUT2D eigenvalue weighted by Crippen LogP contribution is -2.10. The standard InChI is InChI=1S/C39H22N2O3/c1-4-11-31-23(8-1)20-30-38-32(12-7-15-36(38)44-39(30)40-31)41(24-17-19-35-29(21-24)27-10-3-6-14-34(27)42-35)25-16-18-28-26-9-2-5-13-33(26)43-37(28)22-25/h1-22H. The van der Waals surface area contributed by atoms with Gasteiger partial charge in [-0.25, -0.2) is 4.98 Å². The summed E-state index contributed by atoms with van der Waals surface area (Å²) < 4.78 is 18.9. The Morgan fingerprint density at radius 1 is 0.432 bits per heavy atom. The molecule has 206 valence electrons. The van der Waals surface area contributed by atoms with Gasteiger partial charge in [0.05, 0.1) is 22.0 Å². The van der Waals surface area contributed by atoms with Gasteiger partial charge < -0.3 is 18.2 Å². The van der Waals surface area contributed by atoms with Crippen LogP contribution in [-0.4, -0.2) is 4.98 Å². The van der Waals surface area contributed by atoms with E-state index in [-0.39, 0.29) is 0 Å². The molecule has 0 spiro atoms. The van der Waals surface area contributed by atoms with Crippen molar-refractivity contribution in [3.8, 4) is 0 Å². The highest BCUT2D eigenvalue weighted by Gasteiger charge is 2.22. The first-order valence-corrected chi connectivity index (χ1v) is 14.6. The van der Waals surface area contributed by atoms with Gasteiger partial charge in [-0.05, 0) is 66.7 Å². The maximum atomic E-state index is 6.38. The molecule has 5 nitrogen and oxygen atoms in total. The number of aromatic nitrogens is 1. The predicted octanol–water partition coefficient (Wildman–Crippen LogP) is 11.4. The Labute approximate surface area is 250 Å². The molecule has 0 atom stereocenters. The van der Waals surface area contributed by atoms with Crippen LogP contribution in [0.1, 0.15) is 0 Å². The molecular formula is C39H22N2O3. The molecule has 6 aromatic carbocycles. The zero-order chi connectivity index (χ0) is 28.8. The van der Waals surface area contributed by atoms with Crippen LogP contribution in [0, 0.1) is 0 Å². The minimum atomic E-state index is 0.620. The highest BCUT2D eigenvalue weighted by Crippen LogP contribution is 2.45. The summed E-state index contributed by atoms with van der Waals surface area (Å²) in [6.45, 7) is 0. The number of hydrogen-bond acceptors (Lipinski definition) is 5. The van der Waals surface area contributed by atoms with Gasteiger partial charge in [0, 0.05) is 44.4 Å². The first-order valence-electron chi connectivity index (χ1n) is 14.6. The summed E-state index contributed by atoms with van der Waals surface area (Å²) in [7, 11) is 0. The third kappa shape index (κ3) is 3.32. The maximum Gasteiger partial charge on any atom is 0.227 e. The molecule has 0 aliphatic carbocycles. The van der Waals surface area contributed by atoms with E-state index in [9.17, 15) is 0 Å². The number of anilines is 3.